The van der Waals surface area contributed by atoms with Crippen LogP contribution in [0.1, 0.15) is 53.4 Å². The fourth-order valence-corrected chi connectivity index (χ4v) is 3.88. The van der Waals surface area contributed by atoms with E-state index in [1.165, 1.54) is 0 Å². The van der Waals surface area contributed by atoms with Gasteiger partial charge in [-0.15, -0.1) is 0 Å². The Kier molecular flexibility index (Phi) is 8.03. The van der Waals surface area contributed by atoms with Gasteiger partial charge < -0.3 is 14.4 Å². The molecule has 33 heavy (non-hydrogen) atoms. The Bertz CT molecular complexity index is 942. The first kappa shape index (κ1) is 26.5. The minimum absolute atomic E-state index is 0.0391. The van der Waals surface area contributed by atoms with Crippen molar-refractivity contribution in [2.75, 3.05) is 0 Å². The summed E-state index contributed by atoms with van der Waals surface area (Å²) in [6, 6.07) is 0. The summed E-state index contributed by atoms with van der Waals surface area (Å²) >= 11 is 0. The first-order valence-electron chi connectivity index (χ1n) is 10.2. The van der Waals surface area contributed by atoms with Gasteiger partial charge in [-0.1, -0.05) is 33.8 Å². The highest BCUT2D eigenvalue weighted by atomic mass is 19.2. The molecular formula is C21H24B2F4O6. The van der Waals surface area contributed by atoms with Gasteiger partial charge in [0.2, 0.25) is 0 Å². The van der Waals surface area contributed by atoms with Crippen LogP contribution in [0, 0.1) is 10.8 Å². The number of carbonyl (C=O) groups excluding carboxylic acids is 3. The summed E-state index contributed by atoms with van der Waals surface area (Å²) in [5.74, 6) is -3.77. The third kappa shape index (κ3) is 7.10. The molecule has 0 spiro atoms. The zero-order valence-corrected chi connectivity index (χ0v) is 18.7. The summed E-state index contributed by atoms with van der Waals surface area (Å²) in [6.45, 7) is 6.74. The smallest absolute Gasteiger partial charge is 0.508 e. The molecule has 1 fully saturated rings. The lowest BCUT2D eigenvalue weighted by atomic mass is 9.73. The fraction of sp³-hybridized carbons (Fsp3) is 0.476. The number of hydrogen-bond donors (Lipinski definition) is 1. The molecule has 0 atom stereocenters. The molecule has 178 valence electrons. The Morgan fingerprint density at radius 3 is 1.91 bits per heavy atom. The molecule has 0 aromatic carbocycles. The Labute approximate surface area is 189 Å². The van der Waals surface area contributed by atoms with Crippen LogP contribution in [0.2, 0.25) is 0 Å². The van der Waals surface area contributed by atoms with Gasteiger partial charge in [0.25, 0.3) is 0 Å². The predicted molar refractivity (Wildman–Crippen MR) is 113 cm³/mol. The second-order valence-electron chi connectivity index (χ2n) is 9.51. The molecule has 0 aliphatic heterocycles. The predicted octanol–water partition coefficient (Wildman–Crippen LogP) is 4.72. The summed E-state index contributed by atoms with van der Waals surface area (Å²) in [6.07, 6.45) is 2.55. The second kappa shape index (κ2) is 10.0. The van der Waals surface area contributed by atoms with Crippen LogP contribution >= 0.6 is 0 Å². The van der Waals surface area contributed by atoms with Crippen molar-refractivity contribution in [3.63, 3.8) is 0 Å². The highest BCUT2D eigenvalue weighted by Crippen LogP contribution is 2.39. The van der Waals surface area contributed by atoms with Gasteiger partial charge in [-0.05, 0) is 23.0 Å². The van der Waals surface area contributed by atoms with E-state index in [1.54, 1.807) is 27.7 Å². The topological polar surface area (TPSA) is 89.9 Å². The zero-order valence-electron chi connectivity index (χ0n) is 18.7. The number of halogens is 4. The summed E-state index contributed by atoms with van der Waals surface area (Å²) in [5.41, 5.74) is -2.26. The van der Waals surface area contributed by atoms with Crippen LogP contribution in [-0.2, 0) is 23.7 Å². The monoisotopic (exact) mass is 470 g/mol. The van der Waals surface area contributed by atoms with Crippen molar-refractivity contribution < 1.29 is 46.1 Å². The lowest BCUT2D eigenvalue weighted by Crippen LogP contribution is -2.32. The lowest BCUT2D eigenvalue weighted by molar-refractivity contribution is -0.127. The van der Waals surface area contributed by atoms with E-state index < -0.39 is 71.5 Å². The number of aliphatic hydroxyl groups excluding tert-OH is 1. The molecular weight excluding hydrogens is 446 g/mol. The van der Waals surface area contributed by atoms with Crippen LogP contribution in [0.5, 0.6) is 0 Å². The first-order valence-corrected chi connectivity index (χ1v) is 10.2. The normalized spacial score (nSPS) is 20.9. The fourth-order valence-electron chi connectivity index (χ4n) is 3.88. The third-order valence-electron chi connectivity index (χ3n) is 5.12. The van der Waals surface area contributed by atoms with E-state index in [4.69, 9.17) is 0 Å². The Balaban J connectivity index is 2.44. The van der Waals surface area contributed by atoms with E-state index in [1.807, 2.05) is 0 Å². The average Bonchev–Trinajstić information content (AvgIpc) is 2.56. The Morgan fingerprint density at radius 2 is 1.39 bits per heavy atom. The molecule has 12 heteroatoms. The van der Waals surface area contributed by atoms with Crippen molar-refractivity contribution in [2.24, 2.45) is 10.8 Å². The van der Waals surface area contributed by atoms with Gasteiger partial charge in [0.1, 0.15) is 17.1 Å². The maximum absolute atomic E-state index is 12.9. The van der Waals surface area contributed by atoms with Crippen molar-refractivity contribution in [2.45, 2.75) is 53.4 Å². The van der Waals surface area contributed by atoms with Crippen molar-refractivity contribution in [3.05, 3.63) is 46.7 Å². The maximum Gasteiger partial charge on any atom is 0.796 e. The van der Waals surface area contributed by atoms with E-state index >= 15 is 0 Å². The van der Waals surface area contributed by atoms with Gasteiger partial charge in [-0.25, -0.2) is 17.3 Å². The first-order chi connectivity index (χ1) is 15.1. The van der Waals surface area contributed by atoms with Crippen LogP contribution in [0.4, 0.5) is 17.3 Å². The van der Waals surface area contributed by atoms with Crippen molar-refractivity contribution in [1.82, 2.24) is 0 Å². The van der Waals surface area contributed by atoms with E-state index in [0.717, 1.165) is 18.2 Å². The van der Waals surface area contributed by atoms with Crippen LogP contribution in [0.15, 0.2) is 46.7 Å². The van der Waals surface area contributed by atoms with E-state index in [9.17, 15) is 36.8 Å². The van der Waals surface area contributed by atoms with Gasteiger partial charge in [0.05, 0.1) is 11.3 Å². The number of hydrogen-bond acceptors (Lipinski definition) is 6. The van der Waals surface area contributed by atoms with Gasteiger partial charge in [-0.2, -0.15) is 0 Å². The summed E-state index contributed by atoms with van der Waals surface area (Å²) in [5, 5.41) is 10.3. The SMILES string of the molecule is CC1(C)CC(=O)C(=C(C=CC=C(O)C2=C(OB(F)F)CC(C)(C)CC2=O)OB(F)F)C(=O)C1. The zero-order chi connectivity index (χ0) is 25.1. The van der Waals surface area contributed by atoms with Crippen molar-refractivity contribution in [3.8, 4) is 0 Å². The molecule has 6 nitrogen and oxygen atoms in total. The highest BCUT2D eigenvalue weighted by molar-refractivity contribution is 6.35. The molecule has 0 amide bonds. The van der Waals surface area contributed by atoms with E-state index in [-0.39, 0.29) is 25.7 Å². The van der Waals surface area contributed by atoms with Crippen LogP contribution in [0.3, 0.4) is 0 Å². The molecule has 0 bridgehead atoms. The minimum Gasteiger partial charge on any atom is -0.508 e. The number of allylic oxidation sites excluding steroid dienone is 6. The number of rotatable bonds is 7. The molecule has 0 unspecified atom stereocenters. The molecule has 2 rings (SSSR count). The standard InChI is InChI=1S/C21H24B2F4O6/c1-20(2)8-14(30)19(15(31)9-20)16(32-22(24)25)7-5-6-12(28)18-13(29)10-21(3,4)11-17(18)33-23(26)27/h5-7,28H,8-11H2,1-4H3. The highest BCUT2D eigenvalue weighted by Gasteiger charge is 2.39. The number of Topliss-reactive ketones (excluding diaryl/α,β-unsaturated/α-hetero) is 3. The summed E-state index contributed by atoms with van der Waals surface area (Å²) in [4.78, 5) is 37.2. The molecule has 0 aromatic heterocycles. The van der Waals surface area contributed by atoms with E-state index in [2.05, 4.69) is 9.31 Å². The van der Waals surface area contributed by atoms with Crippen molar-refractivity contribution in [1.29, 1.82) is 0 Å². The van der Waals surface area contributed by atoms with Gasteiger partial charge in [-0.3, -0.25) is 14.4 Å². The summed E-state index contributed by atoms with van der Waals surface area (Å²) < 4.78 is 60.2. The number of ketones is 3. The van der Waals surface area contributed by atoms with Gasteiger partial charge in [0, 0.05) is 25.7 Å². The lowest BCUT2D eigenvalue weighted by Gasteiger charge is -2.31. The quantitative estimate of drug-likeness (QED) is 0.145. The largest absolute Gasteiger partial charge is 0.796 e. The minimum atomic E-state index is -3.33. The van der Waals surface area contributed by atoms with Crippen LogP contribution in [0.25, 0.3) is 0 Å². The van der Waals surface area contributed by atoms with E-state index in [0.29, 0.717) is 0 Å². The molecule has 2 aliphatic rings. The summed E-state index contributed by atoms with van der Waals surface area (Å²) in [7, 11) is -6.55. The van der Waals surface area contributed by atoms with Crippen LogP contribution in [-0.4, -0.2) is 37.4 Å². The van der Waals surface area contributed by atoms with Crippen molar-refractivity contribution >= 4 is 32.3 Å². The molecule has 0 aromatic rings. The average molecular weight is 470 g/mol. The molecule has 0 saturated heterocycles. The van der Waals surface area contributed by atoms with Crippen LogP contribution < -0.4 is 0 Å². The maximum atomic E-state index is 12.9. The molecule has 0 heterocycles. The molecule has 1 N–H and O–H groups in total. The second-order valence-corrected chi connectivity index (χ2v) is 9.51. The molecule has 2 aliphatic carbocycles. The van der Waals surface area contributed by atoms with Gasteiger partial charge >= 0.3 is 14.9 Å². The number of carbonyl (C=O) groups is 3. The molecule has 0 radical (unpaired) electrons. The number of aliphatic hydroxyl groups is 1. The molecule has 1 saturated carbocycles. The Hall–Kier alpha value is -2.78. The van der Waals surface area contributed by atoms with Gasteiger partial charge in [0.15, 0.2) is 17.3 Å². The Morgan fingerprint density at radius 1 is 0.879 bits per heavy atom. The third-order valence-corrected chi connectivity index (χ3v) is 5.12.